The summed E-state index contributed by atoms with van der Waals surface area (Å²) in [5.74, 6) is 0.301. The zero-order valence-corrected chi connectivity index (χ0v) is 10.9. The van der Waals surface area contributed by atoms with Crippen LogP contribution >= 0.6 is 0 Å². The van der Waals surface area contributed by atoms with Gasteiger partial charge in [0, 0.05) is 37.9 Å². The lowest BCUT2D eigenvalue weighted by Crippen LogP contribution is -2.38. The van der Waals surface area contributed by atoms with Crippen LogP contribution in [0.1, 0.15) is 18.9 Å². The minimum Gasteiger partial charge on any atom is -0.341 e. The number of pyridine rings is 1. The Hall–Kier alpha value is -1.42. The van der Waals surface area contributed by atoms with Gasteiger partial charge in [-0.25, -0.2) is 0 Å². The van der Waals surface area contributed by atoms with Gasteiger partial charge in [-0.05, 0) is 31.0 Å². The lowest BCUT2D eigenvalue weighted by Gasteiger charge is -2.23. The van der Waals surface area contributed by atoms with Crippen LogP contribution in [-0.4, -0.2) is 42.0 Å². The van der Waals surface area contributed by atoms with Gasteiger partial charge < -0.3 is 10.2 Å². The first-order valence-electron chi connectivity index (χ1n) is 6.66. The quantitative estimate of drug-likeness (QED) is 0.869. The van der Waals surface area contributed by atoms with Crippen molar-refractivity contribution in [2.45, 2.75) is 19.8 Å². The summed E-state index contributed by atoms with van der Waals surface area (Å²) in [7, 11) is 0. The predicted molar refractivity (Wildman–Crippen MR) is 71.2 cm³/mol. The number of hydrogen-bond donors (Lipinski definition) is 1. The molecule has 0 aliphatic carbocycles. The molecule has 2 rings (SSSR count). The van der Waals surface area contributed by atoms with Gasteiger partial charge >= 0.3 is 0 Å². The minimum atomic E-state index is 0.0345. The van der Waals surface area contributed by atoms with Gasteiger partial charge in [0.25, 0.3) is 0 Å². The second-order valence-corrected chi connectivity index (χ2v) is 4.90. The second kappa shape index (κ2) is 6.50. The maximum atomic E-state index is 12.3. The van der Waals surface area contributed by atoms with Crippen molar-refractivity contribution in [2.75, 3.05) is 26.2 Å². The molecule has 1 amide bonds. The molecule has 18 heavy (non-hydrogen) atoms. The van der Waals surface area contributed by atoms with Crippen LogP contribution in [0, 0.1) is 5.92 Å². The van der Waals surface area contributed by atoms with Crippen molar-refractivity contribution in [2.24, 2.45) is 5.92 Å². The fourth-order valence-corrected chi connectivity index (χ4v) is 2.34. The molecule has 0 aromatic carbocycles. The van der Waals surface area contributed by atoms with Gasteiger partial charge in [0.15, 0.2) is 0 Å². The topological polar surface area (TPSA) is 45.2 Å². The predicted octanol–water partition coefficient (Wildman–Crippen LogP) is 1.08. The summed E-state index contributed by atoms with van der Waals surface area (Å²) < 4.78 is 0. The third-order valence-corrected chi connectivity index (χ3v) is 3.34. The number of amides is 1. The van der Waals surface area contributed by atoms with Crippen molar-refractivity contribution in [3.8, 4) is 0 Å². The number of rotatable bonds is 3. The maximum absolute atomic E-state index is 12.3. The largest absolute Gasteiger partial charge is 0.341 e. The SMILES string of the molecule is CC(Cc1cccnc1)C(=O)N1CCCNCC1. The normalized spacial score (nSPS) is 18.2. The first-order chi connectivity index (χ1) is 8.77. The first-order valence-corrected chi connectivity index (χ1v) is 6.66. The van der Waals surface area contributed by atoms with Crippen molar-refractivity contribution < 1.29 is 4.79 Å². The monoisotopic (exact) mass is 247 g/mol. The number of aromatic nitrogens is 1. The summed E-state index contributed by atoms with van der Waals surface area (Å²) in [4.78, 5) is 18.4. The number of carbonyl (C=O) groups is 1. The Kier molecular flexibility index (Phi) is 4.70. The van der Waals surface area contributed by atoms with Crippen LogP contribution in [0.5, 0.6) is 0 Å². The first kappa shape index (κ1) is 13.0. The Labute approximate surface area is 108 Å². The Bertz CT molecular complexity index is 372. The molecule has 1 aliphatic rings. The van der Waals surface area contributed by atoms with Gasteiger partial charge in [-0.15, -0.1) is 0 Å². The summed E-state index contributed by atoms with van der Waals surface area (Å²) in [6.07, 6.45) is 5.42. The van der Waals surface area contributed by atoms with Crippen molar-refractivity contribution >= 4 is 5.91 Å². The molecular formula is C14H21N3O. The van der Waals surface area contributed by atoms with Gasteiger partial charge in [-0.2, -0.15) is 0 Å². The van der Waals surface area contributed by atoms with Crippen LogP contribution in [-0.2, 0) is 11.2 Å². The number of nitrogens with one attached hydrogen (secondary N) is 1. The van der Waals surface area contributed by atoms with Crippen molar-refractivity contribution in [1.29, 1.82) is 0 Å². The molecule has 1 N–H and O–H groups in total. The maximum Gasteiger partial charge on any atom is 0.225 e. The Morgan fingerprint density at radius 1 is 1.50 bits per heavy atom. The molecule has 0 saturated carbocycles. The summed E-state index contributed by atoms with van der Waals surface area (Å²) in [6, 6.07) is 3.95. The molecule has 1 saturated heterocycles. The molecule has 1 atom stereocenters. The van der Waals surface area contributed by atoms with Crippen LogP contribution in [0.4, 0.5) is 0 Å². The second-order valence-electron chi connectivity index (χ2n) is 4.90. The lowest BCUT2D eigenvalue weighted by atomic mass is 10.0. The van der Waals surface area contributed by atoms with E-state index in [2.05, 4.69) is 10.3 Å². The van der Waals surface area contributed by atoms with E-state index in [1.54, 1.807) is 6.20 Å². The zero-order valence-electron chi connectivity index (χ0n) is 10.9. The Morgan fingerprint density at radius 2 is 2.39 bits per heavy atom. The van der Waals surface area contributed by atoms with Gasteiger partial charge in [0.05, 0.1) is 0 Å². The number of nitrogens with zero attached hydrogens (tertiary/aromatic N) is 2. The van der Waals surface area contributed by atoms with E-state index in [0.29, 0.717) is 0 Å². The van der Waals surface area contributed by atoms with Gasteiger partial charge in [-0.3, -0.25) is 9.78 Å². The Balaban J connectivity index is 1.91. The van der Waals surface area contributed by atoms with Crippen LogP contribution in [0.2, 0.25) is 0 Å². The van der Waals surface area contributed by atoms with E-state index in [-0.39, 0.29) is 11.8 Å². The van der Waals surface area contributed by atoms with Crippen LogP contribution < -0.4 is 5.32 Å². The third kappa shape index (κ3) is 3.53. The van der Waals surface area contributed by atoms with Crippen molar-refractivity contribution in [3.05, 3.63) is 30.1 Å². The van der Waals surface area contributed by atoms with E-state index < -0.39 is 0 Å². The third-order valence-electron chi connectivity index (χ3n) is 3.34. The van der Waals surface area contributed by atoms with Gasteiger partial charge in [0.2, 0.25) is 5.91 Å². The molecule has 0 spiro atoms. The lowest BCUT2D eigenvalue weighted by molar-refractivity contribution is -0.134. The molecule has 1 aliphatic heterocycles. The highest BCUT2D eigenvalue weighted by Crippen LogP contribution is 2.11. The molecule has 1 aromatic rings. The van der Waals surface area contributed by atoms with E-state index in [1.165, 1.54) is 0 Å². The molecular weight excluding hydrogens is 226 g/mol. The van der Waals surface area contributed by atoms with E-state index in [9.17, 15) is 4.79 Å². The fraction of sp³-hybridized carbons (Fsp3) is 0.571. The fourth-order valence-electron chi connectivity index (χ4n) is 2.34. The number of carbonyl (C=O) groups excluding carboxylic acids is 1. The summed E-state index contributed by atoms with van der Waals surface area (Å²) in [5, 5.41) is 3.32. The van der Waals surface area contributed by atoms with Crippen molar-refractivity contribution in [3.63, 3.8) is 0 Å². The molecule has 1 aromatic heterocycles. The highest BCUT2D eigenvalue weighted by atomic mass is 16.2. The average molecular weight is 247 g/mol. The molecule has 4 nitrogen and oxygen atoms in total. The summed E-state index contributed by atoms with van der Waals surface area (Å²) >= 11 is 0. The van der Waals surface area contributed by atoms with E-state index >= 15 is 0 Å². The van der Waals surface area contributed by atoms with Crippen molar-refractivity contribution in [1.82, 2.24) is 15.2 Å². The summed E-state index contributed by atoms with van der Waals surface area (Å²) in [6.45, 7) is 5.64. The number of hydrogen-bond acceptors (Lipinski definition) is 3. The average Bonchev–Trinajstić information content (AvgIpc) is 2.68. The minimum absolute atomic E-state index is 0.0345. The smallest absolute Gasteiger partial charge is 0.225 e. The van der Waals surface area contributed by atoms with Crippen LogP contribution in [0.15, 0.2) is 24.5 Å². The van der Waals surface area contributed by atoms with Crippen LogP contribution in [0.25, 0.3) is 0 Å². The standard InChI is InChI=1S/C14H21N3O/c1-12(10-13-4-2-5-16-11-13)14(18)17-8-3-6-15-7-9-17/h2,4-5,11-12,15H,3,6-10H2,1H3. The summed E-state index contributed by atoms with van der Waals surface area (Å²) in [5.41, 5.74) is 1.13. The highest BCUT2D eigenvalue weighted by Gasteiger charge is 2.21. The zero-order chi connectivity index (χ0) is 12.8. The molecule has 0 radical (unpaired) electrons. The van der Waals surface area contributed by atoms with Crippen LogP contribution in [0.3, 0.4) is 0 Å². The molecule has 1 unspecified atom stereocenters. The van der Waals surface area contributed by atoms with E-state index in [0.717, 1.165) is 44.6 Å². The van der Waals surface area contributed by atoms with Gasteiger partial charge in [-0.1, -0.05) is 13.0 Å². The molecule has 2 heterocycles. The Morgan fingerprint density at radius 3 is 3.17 bits per heavy atom. The molecule has 1 fully saturated rings. The van der Waals surface area contributed by atoms with E-state index in [4.69, 9.17) is 0 Å². The van der Waals surface area contributed by atoms with Gasteiger partial charge in [0.1, 0.15) is 0 Å². The molecule has 4 heteroatoms. The molecule has 98 valence electrons. The molecule has 0 bridgehead atoms. The highest BCUT2D eigenvalue weighted by molar-refractivity contribution is 5.78. The van der Waals surface area contributed by atoms with E-state index in [1.807, 2.05) is 30.2 Å².